The summed E-state index contributed by atoms with van der Waals surface area (Å²) < 4.78 is 5.39. The van der Waals surface area contributed by atoms with E-state index in [4.69, 9.17) is 10.5 Å². The van der Waals surface area contributed by atoms with Crippen LogP contribution in [0.5, 0.6) is 0 Å². The lowest BCUT2D eigenvalue weighted by molar-refractivity contribution is -0.123. The molecule has 1 amide bonds. The lowest BCUT2D eigenvalue weighted by atomic mass is 9.97. The van der Waals surface area contributed by atoms with Gasteiger partial charge in [0.1, 0.15) is 0 Å². The lowest BCUT2D eigenvalue weighted by Crippen LogP contribution is -2.43. The van der Waals surface area contributed by atoms with Gasteiger partial charge in [-0.25, -0.2) is 0 Å². The van der Waals surface area contributed by atoms with Crippen molar-refractivity contribution in [1.29, 1.82) is 0 Å². The number of guanidine groups is 1. The number of primary amides is 1. The van der Waals surface area contributed by atoms with Crippen molar-refractivity contribution >= 4 is 11.9 Å². The summed E-state index contributed by atoms with van der Waals surface area (Å²) in [6.45, 7) is 11.2. The topological polar surface area (TPSA) is 92.0 Å². The van der Waals surface area contributed by atoms with Crippen molar-refractivity contribution in [3.05, 3.63) is 0 Å². The van der Waals surface area contributed by atoms with E-state index in [9.17, 15) is 4.79 Å². The lowest BCUT2D eigenvalue weighted by Gasteiger charge is -2.31. The van der Waals surface area contributed by atoms with E-state index >= 15 is 0 Å². The molecule has 7 nitrogen and oxygen atoms in total. The highest BCUT2D eigenvalue weighted by atomic mass is 16.5. The number of aliphatic imine (C=N–C) groups is 1. The predicted octanol–water partition coefficient (Wildman–Crippen LogP) is 0.554. The molecule has 1 saturated heterocycles. The molecule has 0 spiro atoms. The van der Waals surface area contributed by atoms with E-state index in [-0.39, 0.29) is 17.4 Å². The number of likely N-dealkylation sites (tertiary alicyclic amines) is 1. The van der Waals surface area contributed by atoms with Crippen LogP contribution in [0, 0.1) is 5.92 Å². The van der Waals surface area contributed by atoms with E-state index in [2.05, 4.69) is 27.4 Å². The quantitative estimate of drug-likeness (QED) is 0.324. The average molecular weight is 342 g/mol. The van der Waals surface area contributed by atoms with E-state index in [1.165, 1.54) is 0 Å². The molecule has 1 aliphatic heterocycles. The SMILES string of the molecule is CCNC(=NCC(C)(C)OC)NCCCN1CCCC(C(N)=O)C1. The normalized spacial score (nSPS) is 20.0. The van der Waals surface area contributed by atoms with Crippen molar-refractivity contribution in [3.63, 3.8) is 0 Å². The van der Waals surface area contributed by atoms with Crippen molar-refractivity contribution < 1.29 is 9.53 Å². The molecule has 4 N–H and O–H groups in total. The molecule has 1 unspecified atom stereocenters. The first-order valence-corrected chi connectivity index (χ1v) is 8.97. The van der Waals surface area contributed by atoms with Gasteiger partial charge in [-0.05, 0) is 53.1 Å². The summed E-state index contributed by atoms with van der Waals surface area (Å²) in [5.74, 6) is 0.665. The van der Waals surface area contributed by atoms with Gasteiger partial charge in [0, 0.05) is 26.7 Å². The van der Waals surface area contributed by atoms with E-state index in [1.54, 1.807) is 7.11 Å². The first-order chi connectivity index (χ1) is 11.4. The van der Waals surface area contributed by atoms with Crippen LogP contribution in [0.4, 0.5) is 0 Å². The number of hydrogen-bond acceptors (Lipinski definition) is 4. The second kappa shape index (κ2) is 10.5. The molecule has 1 fully saturated rings. The van der Waals surface area contributed by atoms with Crippen LogP contribution in [0.25, 0.3) is 0 Å². The molecule has 0 aromatic rings. The molecule has 0 radical (unpaired) electrons. The van der Waals surface area contributed by atoms with Gasteiger partial charge < -0.3 is 26.0 Å². The fourth-order valence-corrected chi connectivity index (χ4v) is 2.68. The van der Waals surface area contributed by atoms with Gasteiger partial charge in [-0.1, -0.05) is 0 Å². The van der Waals surface area contributed by atoms with Gasteiger partial charge in [0.2, 0.25) is 5.91 Å². The van der Waals surface area contributed by atoms with Gasteiger partial charge >= 0.3 is 0 Å². The Morgan fingerprint density at radius 1 is 1.42 bits per heavy atom. The van der Waals surface area contributed by atoms with Gasteiger partial charge in [-0.15, -0.1) is 0 Å². The summed E-state index contributed by atoms with van der Waals surface area (Å²) in [4.78, 5) is 18.2. The summed E-state index contributed by atoms with van der Waals surface area (Å²) in [6, 6.07) is 0. The zero-order valence-electron chi connectivity index (χ0n) is 15.7. The van der Waals surface area contributed by atoms with Crippen LogP contribution >= 0.6 is 0 Å². The summed E-state index contributed by atoms with van der Waals surface area (Å²) in [6.07, 6.45) is 2.98. The minimum atomic E-state index is -0.264. The molecule has 7 heteroatoms. The Labute approximate surface area is 146 Å². The van der Waals surface area contributed by atoms with Crippen molar-refractivity contribution in [1.82, 2.24) is 15.5 Å². The monoisotopic (exact) mass is 341 g/mol. The third-order valence-corrected chi connectivity index (χ3v) is 4.37. The largest absolute Gasteiger partial charge is 0.377 e. The summed E-state index contributed by atoms with van der Waals surface area (Å²) in [5.41, 5.74) is 5.16. The molecule has 0 aromatic carbocycles. The van der Waals surface area contributed by atoms with Crippen LogP contribution in [-0.2, 0) is 9.53 Å². The maximum atomic E-state index is 11.3. The highest BCUT2D eigenvalue weighted by Crippen LogP contribution is 2.15. The molecule has 0 bridgehead atoms. The van der Waals surface area contributed by atoms with Crippen molar-refractivity contribution in [2.45, 2.75) is 45.6 Å². The molecule has 0 aromatic heterocycles. The standard InChI is InChI=1S/C17H35N5O2/c1-5-19-16(21-13-17(2,3)24-4)20-9-7-11-22-10-6-8-14(12-22)15(18)23/h14H,5-13H2,1-4H3,(H2,18,23)(H2,19,20,21). The third kappa shape index (κ3) is 7.97. The fraction of sp³-hybridized carbons (Fsp3) is 0.882. The third-order valence-electron chi connectivity index (χ3n) is 4.37. The Balaban J connectivity index is 2.32. The second-order valence-corrected chi connectivity index (χ2v) is 6.98. The molecule has 0 saturated carbocycles. The Morgan fingerprint density at radius 2 is 2.17 bits per heavy atom. The number of ether oxygens (including phenoxy) is 1. The van der Waals surface area contributed by atoms with Crippen molar-refractivity contribution in [3.8, 4) is 0 Å². The Bertz CT molecular complexity index is 412. The van der Waals surface area contributed by atoms with Gasteiger partial charge in [-0.3, -0.25) is 9.79 Å². The first kappa shape index (κ1) is 20.7. The first-order valence-electron chi connectivity index (χ1n) is 8.97. The van der Waals surface area contributed by atoms with Gasteiger partial charge in [0.15, 0.2) is 5.96 Å². The van der Waals surface area contributed by atoms with Crippen LogP contribution in [0.2, 0.25) is 0 Å². The minimum Gasteiger partial charge on any atom is -0.377 e. The van der Waals surface area contributed by atoms with Crippen LogP contribution in [0.15, 0.2) is 4.99 Å². The number of nitrogens with two attached hydrogens (primary N) is 1. The zero-order valence-corrected chi connectivity index (χ0v) is 15.7. The van der Waals surface area contributed by atoms with E-state index in [0.717, 1.165) is 57.9 Å². The molecule has 0 aliphatic carbocycles. The van der Waals surface area contributed by atoms with E-state index < -0.39 is 0 Å². The van der Waals surface area contributed by atoms with Crippen molar-refractivity contribution in [2.24, 2.45) is 16.6 Å². The highest BCUT2D eigenvalue weighted by Gasteiger charge is 2.23. The van der Waals surface area contributed by atoms with E-state index in [1.807, 2.05) is 13.8 Å². The number of rotatable bonds is 9. The van der Waals surface area contributed by atoms with Gasteiger partial charge in [-0.2, -0.15) is 0 Å². The molecule has 1 rings (SSSR count). The average Bonchev–Trinajstić information content (AvgIpc) is 2.56. The molecule has 1 atom stereocenters. The molecule has 24 heavy (non-hydrogen) atoms. The second-order valence-electron chi connectivity index (χ2n) is 6.98. The summed E-state index contributed by atoms with van der Waals surface area (Å²) >= 11 is 0. The molecular weight excluding hydrogens is 306 g/mol. The number of piperidine rings is 1. The number of hydrogen-bond donors (Lipinski definition) is 3. The molecular formula is C17H35N5O2. The zero-order chi connectivity index (χ0) is 18.0. The predicted molar refractivity (Wildman–Crippen MR) is 98.0 cm³/mol. The van der Waals surface area contributed by atoms with Gasteiger partial charge in [0.05, 0.1) is 18.1 Å². The molecule has 1 aliphatic rings. The molecule has 140 valence electrons. The van der Waals surface area contributed by atoms with Crippen LogP contribution in [0.1, 0.15) is 40.0 Å². The number of nitrogens with one attached hydrogen (secondary N) is 2. The van der Waals surface area contributed by atoms with E-state index in [0.29, 0.717) is 6.54 Å². The number of carbonyl (C=O) groups excluding carboxylic acids is 1. The number of amides is 1. The number of nitrogens with zero attached hydrogens (tertiary/aromatic N) is 2. The van der Waals surface area contributed by atoms with Crippen LogP contribution < -0.4 is 16.4 Å². The molecule has 1 heterocycles. The van der Waals surface area contributed by atoms with Crippen LogP contribution in [0.3, 0.4) is 0 Å². The maximum absolute atomic E-state index is 11.3. The summed E-state index contributed by atoms with van der Waals surface area (Å²) in [5, 5.41) is 6.60. The fourth-order valence-electron chi connectivity index (χ4n) is 2.68. The summed E-state index contributed by atoms with van der Waals surface area (Å²) in [7, 11) is 1.70. The Kier molecular flexibility index (Phi) is 9.07. The number of carbonyl (C=O) groups is 1. The van der Waals surface area contributed by atoms with Crippen molar-refractivity contribution in [2.75, 3.05) is 46.4 Å². The maximum Gasteiger partial charge on any atom is 0.221 e. The smallest absolute Gasteiger partial charge is 0.221 e. The van der Waals surface area contributed by atoms with Gasteiger partial charge in [0.25, 0.3) is 0 Å². The highest BCUT2D eigenvalue weighted by molar-refractivity contribution is 5.79. The Morgan fingerprint density at radius 3 is 2.79 bits per heavy atom. The number of methoxy groups -OCH3 is 1. The minimum absolute atomic E-state index is 0.0156. The van der Waals surface area contributed by atoms with Crippen LogP contribution in [-0.4, -0.2) is 68.7 Å². The Hall–Kier alpha value is -1.34.